The normalized spacial score (nSPS) is 24.2. The first kappa shape index (κ1) is 14.2. The van der Waals surface area contributed by atoms with Crippen molar-refractivity contribution < 1.29 is 9.47 Å². The molecule has 1 fully saturated rings. The number of nitrogens with zero attached hydrogens (tertiary/aromatic N) is 1. The lowest BCUT2D eigenvalue weighted by atomic mass is 9.96. The molecule has 0 spiro atoms. The van der Waals surface area contributed by atoms with Gasteiger partial charge >= 0.3 is 0 Å². The summed E-state index contributed by atoms with van der Waals surface area (Å²) in [5, 5.41) is 0. The SMILES string of the molecule is COc1ccc(CN2C(C)CCCC2C)cc1OC. The van der Waals surface area contributed by atoms with Gasteiger partial charge in [-0.1, -0.05) is 12.5 Å². The highest BCUT2D eigenvalue weighted by Gasteiger charge is 2.24. The summed E-state index contributed by atoms with van der Waals surface area (Å²) < 4.78 is 10.7. The Balaban J connectivity index is 2.13. The summed E-state index contributed by atoms with van der Waals surface area (Å²) >= 11 is 0. The van der Waals surface area contributed by atoms with Gasteiger partial charge in [-0.2, -0.15) is 0 Å². The Bertz CT molecular complexity index is 409. The number of ether oxygens (including phenoxy) is 2. The second-order valence-electron chi connectivity index (χ2n) is 5.49. The van der Waals surface area contributed by atoms with Crippen LogP contribution in [0.15, 0.2) is 18.2 Å². The van der Waals surface area contributed by atoms with Gasteiger partial charge in [-0.15, -0.1) is 0 Å². The minimum Gasteiger partial charge on any atom is -0.493 e. The van der Waals surface area contributed by atoms with E-state index in [4.69, 9.17) is 9.47 Å². The van der Waals surface area contributed by atoms with Crippen LogP contribution in [0.4, 0.5) is 0 Å². The topological polar surface area (TPSA) is 21.7 Å². The predicted molar refractivity (Wildman–Crippen MR) is 77.9 cm³/mol. The van der Waals surface area contributed by atoms with E-state index >= 15 is 0 Å². The van der Waals surface area contributed by atoms with Gasteiger partial charge in [-0.25, -0.2) is 0 Å². The van der Waals surface area contributed by atoms with Gasteiger partial charge in [-0.05, 0) is 44.4 Å². The van der Waals surface area contributed by atoms with Crippen LogP contribution in [0.1, 0.15) is 38.7 Å². The van der Waals surface area contributed by atoms with Crippen molar-refractivity contribution in [2.45, 2.75) is 51.7 Å². The predicted octanol–water partition coefficient (Wildman–Crippen LogP) is 3.47. The van der Waals surface area contributed by atoms with E-state index in [0.29, 0.717) is 12.1 Å². The van der Waals surface area contributed by atoms with E-state index in [1.165, 1.54) is 24.8 Å². The lowest BCUT2D eigenvalue weighted by Crippen LogP contribution is -2.42. The highest BCUT2D eigenvalue weighted by Crippen LogP contribution is 2.30. The highest BCUT2D eigenvalue weighted by molar-refractivity contribution is 5.42. The van der Waals surface area contributed by atoms with Crippen LogP contribution in [0.25, 0.3) is 0 Å². The number of hydrogen-bond acceptors (Lipinski definition) is 3. The van der Waals surface area contributed by atoms with E-state index in [1.54, 1.807) is 14.2 Å². The van der Waals surface area contributed by atoms with Gasteiger partial charge in [0.1, 0.15) is 0 Å². The Morgan fingerprint density at radius 2 is 1.68 bits per heavy atom. The molecule has 2 unspecified atom stereocenters. The van der Waals surface area contributed by atoms with E-state index in [2.05, 4.69) is 30.9 Å². The maximum atomic E-state index is 5.38. The number of benzene rings is 1. The highest BCUT2D eigenvalue weighted by atomic mass is 16.5. The fourth-order valence-electron chi connectivity index (χ4n) is 2.98. The molecule has 0 N–H and O–H groups in total. The molecule has 106 valence electrons. The van der Waals surface area contributed by atoms with Crippen LogP contribution in [0.2, 0.25) is 0 Å². The van der Waals surface area contributed by atoms with Gasteiger partial charge in [0.15, 0.2) is 11.5 Å². The lowest BCUT2D eigenvalue weighted by molar-refractivity contribution is 0.0952. The summed E-state index contributed by atoms with van der Waals surface area (Å²) in [6.07, 6.45) is 3.96. The van der Waals surface area contributed by atoms with Crippen molar-refractivity contribution >= 4 is 0 Å². The molecule has 2 atom stereocenters. The molecular weight excluding hydrogens is 238 g/mol. The summed E-state index contributed by atoms with van der Waals surface area (Å²) in [4.78, 5) is 2.59. The van der Waals surface area contributed by atoms with Crippen LogP contribution >= 0.6 is 0 Å². The number of rotatable bonds is 4. The smallest absolute Gasteiger partial charge is 0.161 e. The Kier molecular flexibility index (Phi) is 4.70. The Labute approximate surface area is 116 Å². The van der Waals surface area contributed by atoms with Gasteiger partial charge in [-0.3, -0.25) is 4.90 Å². The van der Waals surface area contributed by atoms with Gasteiger partial charge < -0.3 is 9.47 Å². The maximum absolute atomic E-state index is 5.38. The zero-order chi connectivity index (χ0) is 13.8. The zero-order valence-electron chi connectivity index (χ0n) is 12.5. The van der Waals surface area contributed by atoms with E-state index in [0.717, 1.165) is 18.0 Å². The Hall–Kier alpha value is -1.22. The van der Waals surface area contributed by atoms with Crippen LogP contribution in [0, 0.1) is 0 Å². The molecule has 3 heteroatoms. The molecule has 0 bridgehead atoms. The lowest BCUT2D eigenvalue weighted by Gasteiger charge is -2.39. The third kappa shape index (κ3) is 3.21. The van der Waals surface area contributed by atoms with Crippen molar-refractivity contribution in [2.75, 3.05) is 14.2 Å². The largest absolute Gasteiger partial charge is 0.493 e. The number of likely N-dealkylation sites (tertiary alicyclic amines) is 1. The minimum absolute atomic E-state index is 0.664. The van der Waals surface area contributed by atoms with Crippen LogP contribution in [-0.2, 0) is 6.54 Å². The second kappa shape index (κ2) is 6.29. The van der Waals surface area contributed by atoms with Crippen LogP contribution < -0.4 is 9.47 Å². The van der Waals surface area contributed by atoms with Gasteiger partial charge in [0, 0.05) is 18.6 Å². The number of hydrogen-bond donors (Lipinski definition) is 0. The molecule has 1 aliphatic heterocycles. The van der Waals surface area contributed by atoms with Gasteiger partial charge in [0.25, 0.3) is 0 Å². The fraction of sp³-hybridized carbons (Fsp3) is 0.625. The van der Waals surface area contributed by atoms with Crippen molar-refractivity contribution in [1.29, 1.82) is 0 Å². The average Bonchev–Trinajstić information content (AvgIpc) is 2.42. The fourth-order valence-corrected chi connectivity index (χ4v) is 2.98. The van der Waals surface area contributed by atoms with Crippen LogP contribution in [0.3, 0.4) is 0 Å². The molecule has 0 saturated carbocycles. The van der Waals surface area contributed by atoms with Crippen LogP contribution in [-0.4, -0.2) is 31.2 Å². The second-order valence-corrected chi connectivity index (χ2v) is 5.49. The first-order valence-corrected chi connectivity index (χ1v) is 7.12. The Morgan fingerprint density at radius 1 is 1.05 bits per heavy atom. The zero-order valence-corrected chi connectivity index (χ0v) is 12.5. The molecule has 0 aromatic heterocycles. The van der Waals surface area contributed by atoms with E-state index in [1.807, 2.05) is 6.07 Å². The minimum atomic E-state index is 0.664. The summed E-state index contributed by atoms with van der Waals surface area (Å²) in [5.41, 5.74) is 1.29. The van der Waals surface area contributed by atoms with Crippen molar-refractivity contribution in [3.05, 3.63) is 23.8 Å². The first-order valence-electron chi connectivity index (χ1n) is 7.12. The number of methoxy groups -OCH3 is 2. The summed E-state index contributed by atoms with van der Waals surface area (Å²) in [6, 6.07) is 7.55. The van der Waals surface area contributed by atoms with E-state index in [9.17, 15) is 0 Å². The summed E-state index contributed by atoms with van der Waals surface area (Å²) in [7, 11) is 3.36. The number of piperidine rings is 1. The molecular formula is C16H25NO2. The standard InChI is InChI=1S/C16H25NO2/c1-12-6-5-7-13(2)17(12)11-14-8-9-15(18-3)16(10-14)19-4/h8-10,12-13H,5-7,11H2,1-4H3. The molecule has 1 aromatic rings. The maximum Gasteiger partial charge on any atom is 0.161 e. The van der Waals surface area contributed by atoms with E-state index in [-0.39, 0.29) is 0 Å². The third-order valence-electron chi connectivity index (χ3n) is 4.19. The molecule has 0 amide bonds. The molecule has 3 nitrogen and oxygen atoms in total. The molecule has 1 heterocycles. The molecule has 0 aliphatic carbocycles. The van der Waals surface area contributed by atoms with Gasteiger partial charge in [0.2, 0.25) is 0 Å². The molecule has 0 radical (unpaired) electrons. The quantitative estimate of drug-likeness (QED) is 0.830. The van der Waals surface area contributed by atoms with Crippen molar-refractivity contribution in [3.8, 4) is 11.5 Å². The molecule has 2 rings (SSSR count). The first-order chi connectivity index (χ1) is 9.15. The average molecular weight is 263 g/mol. The van der Waals surface area contributed by atoms with Crippen molar-refractivity contribution in [1.82, 2.24) is 4.90 Å². The van der Waals surface area contributed by atoms with Crippen LogP contribution in [0.5, 0.6) is 11.5 Å². The molecule has 19 heavy (non-hydrogen) atoms. The monoisotopic (exact) mass is 263 g/mol. The third-order valence-corrected chi connectivity index (χ3v) is 4.19. The Morgan fingerprint density at radius 3 is 2.26 bits per heavy atom. The van der Waals surface area contributed by atoms with Gasteiger partial charge in [0.05, 0.1) is 14.2 Å². The van der Waals surface area contributed by atoms with Crippen molar-refractivity contribution in [2.24, 2.45) is 0 Å². The molecule has 1 saturated heterocycles. The molecule has 1 aliphatic rings. The van der Waals surface area contributed by atoms with E-state index < -0.39 is 0 Å². The summed E-state index contributed by atoms with van der Waals surface area (Å²) in [6.45, 7) is 5.65. The summed E-state index contributed by atoms with van der Waals surface area (Å²) in [5.74, 6) is 1.61. The van der Waals surface area contributed by atoms with Crippen molar-refractivity contribution in [3.63, 3.8) is 0 Å². The molecule has 1 aromatic carbocycles.